The van der Waals surface area contributed by atoms with E-state index in [-0.39, 0.29) is 18.4 Å². The predicted molar refractivity (Wildman–Crippen MR) is 112 cm³/mol. The number of hydrogen-bond donors (Lipinski definition) is 2. The van der Waals surface area contributed by atoms with Crippen molar-refractivity contribution >= 4 is 28.5 Å². The zero-order chi connectivity index (χ0) is 21.3. The van der Waals surface area contributed by atoms with E-state index in [9.17, 15) is 4.79 Å². The molecule has 0 atom stereocenters. The van der Waals surface area contributed by atoms with Gasteiger partial charge in [0.2, 0.25) is 11.7 Å². The average Bonchev–Trinajstić information content (AvgIpc) is 3.37. The van der Waals surface area contributed by atoms with Crippen LogP contribution >= 0.6 is 11.6 Å². The summed E-state index contributed by atoms with van der Waals surface area (Å²) < 4.78 is 11.0. The van der Waals surface area contributed by atoms with Crippen LogP contribution in [0.3, 0.4) is 0 Å². The number of aliphatic carboxylic acids is 1. The van der Waals surface area contributed by atoms with E-state index in [0.29, 0.717) is 28.7 Å². The second kappa shape index (κ2) is 8.16. The van der Waals surface area contributed by atoms with Crippen LogP contribution in [0.25, 0.3) is 33.7 Å². The monoisotopic (exact) mass is 426 g/mol. The van der Waals surface area contributed by atoms with Gasteiger partial charge in [0.15, 0.2) is 0 Å². The number of benzene rings is 1. The molecule has 30 heavy (non-hydrogen) atoms. The van der Waals surface area contributed by atoms with E-state index in [1.165, 1.54) is 0 Å². The normalized spacial score (nSPS) is 11.3. The number of hydrogen-bond acceptors (Lipinski definition) is 6. The molecule has 0 aliphatic heterocycles. The van der Waals surface area contributed by atoms with Crippen LogP contribution in [0.5, 0.6) is 5.88 Å². The zero-order valence-electron chi connectivity index (χ0n) is 16.3. The van der Waals surface area contributed by atoms with E-state index in [1.54, 1.807) is 18.5 Å². The highest BCUT2D eigenvalue weighted by Gasteiger charge is 2.17. The van der Waals surface area contributed by atoms with Crippen LogP contribution in [0.1, 0.15) is 25.8 Å². The van der Waals surface area contributed by atoms with Gasteiger partial charge in [-0.2, -0.15) is 4.98 Å². The number of aryl methyl sites for hydroxylation is 1. The number of nitrogens with one attached hydrogen (secondary N) is 1. The Hall–Kier alpha value is -3.39. The fourth-order valence-electron chi connectivity index (χ4n) is 3.16. The fourth-order valence-corrected chi connectivity index (χ4v) is 3.37. The Morgan fingerprint density at radius 2 is 2.17 bits per heavy atom. The number of aromatic nitrogens is 4. The lowest BCUT2D eigenvalue weighted by atomic mass is 10.0. The van der Waals surface area contributed by atoms with Crippen LogP contribution in [0, 0.1) is 0 Å². The van der Waals surface area contributed by atoms with Crippen molar-refractivity contribution in [3.8, 4) is 28.7 Å². The second-order valence-corrected chi connectivity index (χ2v) is 7.44. The largest absolute Gasteiger partial charge is 0.481 e. The maximum absolute atomic E-state index is 10.9. The van der Waals surface area contributed by atoms with Gasteiger partial charge >= 0.3 is 5.97 Å². The highest BCUT2D eigenvalue weighted by molar-refractivity contribution is 6.32. The number of carbonyl (C=O) groups is 1. The third kappa shape index (κ3) is 3.99. The van der Waals surface area contributed by atoms with Gasteiger partial charge in [-0.15, -0.1) is 0 Å². The van der Waals surface area contributed by atoms with Crippen molar-refractivity contribution in [1.82, 2.24) is 20.1 Å². The molecule has 2 N–H and O–H groups in total. The first-order valence-electron chi connectivity index (χ1n) is 9.40. The number of pyridine rings is 1. The summed E-state index contributed by atoms with van der Waals surface area (Å²) in [5, 5.41) is 14.3. The van der Waals surface area contributed by atoms with Gasteiger partial charge in [0, 0.05) is 35.3 Å². The molecule has 154 valence electrons. The summed E-state index contributed by atoms with van der Waals surface area (Å²) in [4.78, 5) is 22.8. The minimum Gasteiger partial charge on any atom is -0.481 e. The first kappa shape index (κ1) is 19.9. The molecule has 0 saturated carbocycles. The summed E-state index contributed by atoms with van der Waals surface area (Å²) in [6.07, 6.45) is 3.82. The van der Waals surface area contributed by atoms with E-state index in [0.717, 1.165) is 22.0 Å². The van der Waals surface area contributed by atoms with Crippen LogP contribution in [-0.4, -0.2) is 37.3 Å². The molecular weight excluding hydrogens is 408 g/mol. The summed E-state index contributed by atoms with van der Waals surface area (Å²) >= 11 is 6.26. The predicted octanol–water partition coefficient (Wildman–Crippen LogP) is 4.74. The first-order chi connectivity index (χ1) is 14.4. The lowest BCUT2D eigenvalue weighted by Gasteiger charge is -2.09. The van der Waals surface area contributed by atoms with Crippen LogP contribution < -0.4 is 4.74 Å². The molecule has 4 aromatic rings. The Labute approximate surface area is 176 Å². The summed E-state index contributed by atoms with van der Waals surface area (Å²) in [6, 6.07) is 7.32. The summed E-state index contributed by atoms with van der Waals surface area (Å²) in [5.41, 5.74) is 3.14. The summed E-state index contributed by atoms with van der Waals surface area (Å²) in [7, 11) is 0. The number of carboxylic acids is 1. The van der Waals surface area contributed by atoms with E-state index < -0.39 is 5.97 Å². The number of aromatic amines is 1. The molecule has 4 rings (SSSR count). The Morgan fingerprint density at radius 1 is 1.33 bits per heavy atom. The van der Waals surface area contributed by atoms with Crippen LogP contribution in [0.15, 0.2) is 41.2 Å². The molecule has 9 heteroatoms. The SMILES string of the molecule is CC(C)Oc1ncc(-c2nc(-c3ccc(CCC(=O)O)c4[nH]ccc34)no2)cc1Cl. The van der Waals surface area contributed by atoms with Gasteiger partial charge in [-0.1, -0.05) is 28.9 Å². The van der Waals surface area contributed by atoms with Crippen LogP contribution in [0.2, 0.25) is 5.02 Å². The van der Waals surface area contributed by atoms with Gasteiger partial charge in [-0.05, 0) is 38.0 Å². The van der Waals surface area contributed by atoms with E-state index >= 15 is 0 Å². The molecule has 3 aromatic heterocycles. The van der Waals surface area contributed by atoms with Gasteiger partial charge < -0.3 is 19.4 Å². The number of H-pyrrole nitrogens is 1. The smallest absolute Gasteiger partial charge is 0.303 e. The molecule has 0 spiro atoms. The lowest BCUT2D eigenvalue weighted by Crippen LogP contribution is -2.07. The Morgan fingerprint density at radius 3 is 2.90 bits per heavy atom. The number of rotatable bonds is 7. The number of carboxylic acid groups (broad SMARTS) is 1. The molecule has 0 aliphatic rings. The van der Waals surface area contributed by atoms with Gasteiger partial charge in [0.1, 0.15) is 5.02 Å². The van der Waals surface area contributed by atoms with Crippen molar-refractivity contribution in [1.29, 1.82) is 0 Å². The molecule has 0 bridgehead atoms. The van der Waals surface area contributed by atoms with Gasteiger partial charge in [0.05, 0.1) is 11.7 Å². The third-order valence-corrected chi connectivity index (χ3v) is 4.76. The number of nitrogens with zero attached hydrogens (tertiary/aromatic N) is 3. The molecule has 8 nitrogen and oxygen atoms in total. The zero-order valence-corrected chi connectivity index (χ0v) is 17.1. The second-order valence-electron chi connectivity index (χ2n) is 7.03. The van der Waals surface area contributed by atoms with Crippen molar-refractivity contribution in [2.45, 2.75) is 32.8 Å². The van der Waals surface area contributed by atoms with Crippen molar-refractivity contribution in [3.05, 3.63) is 47.2 Å². The van der Waals surface area contributed by atoms with Gasteiger partial charge in [0.25, 0.3) is 5.89 Å². The molecule has 0 aliphatic carbocycles. The molecule has 0 unspecified atom stereocenters. The minimum atomic E-state index is -0.835. The van der Waals surface area contributed by atoms with Crippen LogP contribution in [0.4, 0.5) is 0 Å². The van der Waals surface area contributed by atoms with Crippen molar-refractivity contribution < 1.29 is 19.2 Å². The molecule has 3 heterocycles. The maximum Gasteiger partial charge on any atom is 0.303 e. The summed E-state index contributed by atoms with van der Waals surface area (Å²) in [6.45, 7) is 3.79. The molecular formula is C21H19ClN4O4. The van der Waals surface area contributed by atoms with E-state index in [2.05, 4.69) is 20.1 Å². The molecule has 0 radical (unpaired) electrons. The number of ether oxygens (including phenoxy) is 1. The highest BCUT2D eigenvalue weighted by atomic mass is 35.5. The van der Waals surface area contributed by atoms with Crippen molar-refractivity contribution in [2.75, 3.05) is 0 Å². The van der Waals surface area contributed by atoms with E-state index in [4.69, 9.17) is 26.0 Å². The Kier molecular flexibility index (Phi) is 5.41. The van der Waals surface area contributed by atoms with Crippen molar-refractivity contribution in [3.63, 3.8) is 0 Å². The highest BCUT2D eigenvalue weighted by Crippen LogP contribution is 2.32. The number of fused-ring (bicyclic) bond motifs is 1. The Bertz CT molecular complexity index is 1210. The average molecular weight is 427 g/mol. The molecule has 0 saturated heterocycles. The molecule has 0 amide bonds. The topological polar surface area (TPSA) is 114 Å². The standard InChI is InChI=1S/C21H19ClN4O4/c1-11(2)29-21-16(22)9-13(10-24-21)20-25-19(26-30-20)15-5-3-12(4-6-17(27)28)18-14(15)7-8-23-18/h3,5,7-11,23H,4,6H2,1-2H3,(H,27,28). The minimum absolute atomic E-state index is 0.0434. The fraction of sp³-hybridized carbons (Fsp3) is 0.238. The Balaban J connectivity index is 1.65. The lowest BCUT2D eigenvalue weighted by molar-refractivity contribution is -0.136. The third-order valence-electron chi connectivity index (χ3n) is 4.49. The van der Waals surface area contributed by atoms with Crippen LogP contribution in [-0.2, 0) is 11.2 Å². The molecule has 0 fully saturated rings. The van der Waals surface area contributed by atoms with Gasteiger partial charge in [-0.25, -0.2) is 4.98 Å². The van der Waals surface area contributed by atoms with Gasteiger partial charge in [-0.3, -0.25) is 4.79 Å². The first-order valence-corrected chi connectivity index (χ1v) is 9.77. The number of halogens is 1. The van der Waals surface area contributed by atoms with Crippen molar-refractivity contribution in [2.24, 2.45) is 0 Å². The summed E-state index contributed by atoms with van der Waals surface area (Å²) in [5.74, 6) is 0.215. The quantitative estimate of drug-likeness (QED) is 0.438. The molecule has 1 aromatic carbocycles. The van der Waals surface area contributed by atoms with E-state index in [1.807, 2.05) is 32.0 Å². The maximum atomic E-state index is 10.9.